The van der Waals surface area contributed by atoms with Crippen molar-refractivity contribution in [1.29, 1.82) is 0 Å². The van der Waals surface area contributed by atoms with Crippen molar-refractivity contribution in [2.24, 2.45) is 0 Å². The summed E-state index contributed by atoms with van der Waals surface area (Å²) < 4.78 is 7.13. The highest BCUT2D eigenvalue weighted by Gasteiger charge is 2.08. The quantitative estimate of drug-likeness (QED) is 0.587. The summed E-state index contributed by atoms with van der Waals surface area (Å²) in [4.78, 5) is 10.3. The highest BCUT2D eigenvalue weighted by Crippen LogP contribution is 2.21. The molecule has 5 nitrogen and oxygen atoms in total. The van der Waals surface area contributed by atoms with E-state index in [1.165, 1.54) is 6.07 Å². The molecule has 0 aliphatic rings. The first-order valence-corrected chi connectivity index (χ1v) is 5.03. The van der Waals surface area contributed by atoms with Crippen molar-refractivity contribution in [3.05, 3.63) is 40.6 Å². The zero-order valence-corrected chi connectivity index (χ0v) is 8.92. The normalized spacial score (nSPS) is 10.8. The molecule has 0 aliphatic heterocycles. The lowest BCUT2D eigenvalue weighted by Gasteiger charge is -2.04. The smallest absolute Gasteiger partial charge is 0.271 e. The molecular formula is C11H12N2O3. The van der Waals surface area contributed by atoms with Crippen molar-refractivity contribution in [2.75, 3.05) is 6.61 Å². The van der Waals surface area contributed by atoms with E-state index in [9.17, 15) is 10.1 Å². The van der Waals surface area contributed by atoms with E-state index in [1.54, 1.807) is 12.1 Å². The molecule has 84 valence electrons. The van der Waals surface area contributed by atoms with Crippen molar-refractivity contribution in [3.63, 3.8) is 0 Å². The van der Waals surface area contributed by atoms with Crippen LogP contribution in [0.3, 0.4) is 0 Å². The Morgan fingerprint density at radius 1 is 1.44 bits per heavy atom. The van der Waals surface area contributed by atoms with E-state index < -0.39 is 4.92 Å². The minimum atomic E-state index is -0.391. The van der Waals surface area contributed by atoms with Crippen molar-refractivity contribution in [2.45, 2.75) is 13.7 Å². The Kier molecular flexibility index (Phi) is 2.87. The molecule has 0 amide bonds. The standard InChI is InChI=1S/C11H12N2O3/c1-2-16-8-12-6-5-9-3-4-10(13(14)15)7-11(9)12/h3-7H,2,8H2,1H3. The zero-order valence-electron chi connectivity index (χ0n) is 8.92. The molecule has 1 heterocycles. The third-order valence-corrected chi connectivity index (χ3v) is 2.40. The van der Waals surface area contributed by atoms with Crippen LogP contribution < -0.4 is 0 Å². The van der Waals surface area contributed by atoms with Gasteiger partial charge in [0.25, 0.3) is 5.69 Å². The van der Waals surface area contributed by atoms with Crippen molar-refractivity contribution >= 4 is 16.6 Å². The molecule has 1 aromatic carbocycles. The summed E-state index contributed by atoms with van der Waals surface area (Å²) in [7, 11) is 0. The minimum Gasteiger partial charge on any atom is -0.361 e. The van der Waals surface area contributed by atoms with Gasteiger partial charge in [0.15, 0.2) is 0 Å². The third kappa shape index (κ3) is 1.90. The van der Waals surface area contributed by atoms with Crippen LogP contribution in [0.25, 0.3) is 10.9 Å². The number of hydrogen-bond acceptors (Lipinski definition) is 3. The molecule has 2 rings (SSSR count). The molecule has 0 fully saturated rings. The molecule has 0 saturated carbocycles. The van der Waals surface area contributed by atoms with E-state index in [0.29, 0.717) is 13.3 Å². The minimum absolute atomic E-state index is 0.101. The molecule has 16 heavy (non-hydrogen) atoms. The second-order valence-corrected chi connectivity index (χ2v) is 3.41. The Bertz CT molecular complexity index is 519. The maximum absolute atomic E-state index is 10.7. The molecule has 0 radical (unpaired) electrons. The van der Waals surface area contributed by atoms with E-state index in [1.807, 2.05) is 23.8 Å². The summed E-state index contributed by atoms with van der Waals surface area (Å²) in [5.74, 6) is 0. The van der Waals surface area contributed by atoms with E-state index in [2.05, 4.69) is 0 Å². The van der Waals surface area contributed by atoms with E-state index in [-0.39, 0.29) is 5.69 Å². The van der Waals surface area contributed by atoms with Crippen LogP contribution in [-0.2, 0) is 11.5 Å². The fraction of sp³-hybridized carbons (Fsp3) is 0.273. The van der Waals surface area contributed by atoms with Gasteiger partial charge < -0.3 is 9.30 Å². The number of non-ortho nitro benzene ring substituents is 1. The van der Waals surface area contributed by atoms with Gasteiger partial charge >= 0.3 is 0 Å². The van der Waals surface area contributed by atoms with Gasteiger partial charge in [-0.1, -0.05) is 0 Å². The van der Waals surface area contributed by atoms with Gasteiger partial charge in [-0.25, -0.2) is 0 Å². The first-order valence-electron chi connectivity index (χ1n) is 5.03. The largest absolute Gasteiger partial charge is 0.361 e. The summed E-state index contributed by atoms with van der Waals surface area (Å²) in [6, 6.07) is 6.73. The molecular weight excluding hydrogens is 208 g/mol. The maximum atomic E-state index is 10.7. The van der Waals surface area contributed by atoms with E-state index in [0.717, 1.165) is 10.9 Å². The van der Waals surface area contributed by atoms with Crippen LogP contribution in [-0.4, -0.2) is 16.1 Å². The van der Waals surface area contributed by atoms with Crippen molar-refractivity contribution in [1.82, 2.24) is 4.57 Å². The lowest BCUT2D eigenvalue weighted by atomic mass is 10.2. The van der Waals surface area contributed by atoms with Gasteiger partial charge in [0.05, 0.1) is 10.4 Å². The van der Waals surface area contributed by atoms with Gasteiger partial charge in [0.1, 0.15) is 6.73 Å². The number of benzene rings is 1. The molecule has 5 heteroatoms. The number of nitro benzene ring substituents is 1. The third-order valence-electron chi connectivity index (χ3n) is 2.40. The van der Waals surface area contributed by atoms with Crippen LogP contribution in [0.4, 0.5) is 5.69 Å². The van der Waals surface area contributed by atoms with Gasteiger partial charge in [-0.15, -0.1) is 0 Å². The molecule has 0 bridgehead atoms. The predicted molar refractivity (Wildman–Crippen MR) is 60.2 cm³/mol. The Morgan fingerprint density at radius 2 is 2.25 bits per heavy atom. The monoisotopic (exact) mass is 220 g/mol. The molecule has 0 spiro atoms. The Hall–Kier alpha value is -1.88. The summed E-state index contributed by atoms with van der Waals surface area (Å²) >= 11 is 0. The number of rotatable bonds is 4. The second kappa shape index (κ2) is 4.32. The summed E-state index contributed by atoms with van der Waals surface area (Å²) in [6.07, 6.45) is 1.87. The van der Waals surface area contributed by atoms with Crippen LogP contribution in [0.1, 0.15) is 6.92 Å². The van der Waals surface area contributed by atoms with Crippen LogP contribution >= 0.6 is 0 Å². The lowest BCUT2D eigenvalue weighted by Crippen LogP contribution is -2.00. The first-order chi connectivity index (χ1) is 7.72. The average molecular weight is 220 g/mol. The molecule has 0 aliphatic carbocycles. The fourth-order valence-electron chi connectivity index (χ4n) is 1.59. The number of aromatic nitrogens is 1. The zero-order chi connectivity index (χ0) is 11.5. The summed E-state index contributed by atoms with van der Waals surface area (Å²) in [5, 5.41) is 11.6. The van der Waals surface area contributed by atoms with E-state index >= 15 is 0 Å². The number of nitro groups is 1. The van der Waals surface area contributed by atoms with E-state index in [4.69, 9.17) is 4.74 Å². The Morgan fingerprint density at radius 3 is 2.94 bits per heavy atom. The Balaban J connectivity index is 2.43. The van der Waals surface area contributed by atoms with Crippen molar-refractivity contribution in [3.8, 4) is 0 Å². The number of nitrogens with zero attached hydrogens (tertiary/aromatic N) is 2. The van der Waals surface area contributed by atoms with Gasteiger partial charge in [0, 0.05) is 30.3 Å². The van der Waals surface area contributed by atoms with Gasteiger partial charge in [0.2, 0.25) is 0 Å². The second-order valence-electron chi connectivity index (χ2n) is 3.41. The van der Waals surface area contributed by atoms with Crippen LogP contribution in [0.15, 0.2) is 30.5 Å². The molecule has 0 N–H and O–H groups in total. The van der Waals surface area contributed by atoms with Crippen LogP contribution in [0.5, 0.6) is 0 Å². The number of ether oxygens (including phenoxy) is 1. The summed E-state index contributed by atoms with van der Waals surface area (Å²) in [5.41, 5.74) is 0.923. The predicted octanol–water partition coefficient (Wildman–Crippen LogP) is 2.54. The van der Waals surface area contributed by atoms with Gasteiger partial charge in [-0.2, -0.15) is 0 Å². The lowest BCUT2D eigenvalue weighted by molar-refractivity contribution is -0.384. The fourth-order valence-corrected chi connectivity index (χ4v) is 1.59. The SMILES string of the molecule is CCOCn1ccc2ccc([N+](=O)[O-])cc21. The number of hydrogen-bond donors (Lipinski definition) is 0. The highest BCUT2D eigenvalue weighted by molar-refractivity contribution is 5.82. The average Bonchev–Trinajstić information content (AvgIpc) is 2.68. The molecule has 0 saturated heterocycles. The summed E-state index contributed by atoms with van der Waals surface area (Å²) in [6.45, 7) is 2.95. The molecule has 0 atom stereocenters. The molecule has 0 unspecified atom stereocenters. The first kappa shape index (κ1) is 10.6. The van der Waals surface area contributed by atoms with Crippen LogP contribution in [0.2, 0.25) is 0 Å². The van der Waals surface area contributed by atoms with Crippen LogP contribution in [0, 0.1) is 10.1 Å². The van der Waals surface area contributed by atoms with Gasteiger partial charge in [-0.3, -0.25) is 10.1 Å². The maximum Gasteiger partial charge on any atom is 0.271 e. The molecule has 2 aromatic rings. The molecule has 1 aromatic heterocycles. The van der Waals surface area contributed by atoms with Gasteiger partial charge in [-0.05, 0) is 19.1 Å². The Labute approximate surface area is 92.4 Å². The van der Waals surface area contributed by atoms with Crippen molar-refractivity contribution < 1.29 is 9.66 Å². The number of fused-ring (bicyclic) bond motifs is 1. The topological polar surface area (TPSA) is 57.3 Å². The highest BCUT2D eigenvalue weighted by atomic mass is 16.6.